The minimum atomic E-state index is -1.72. The summed E-state index contributed by atoms with van der Waals surface area (Å²) in [5.41, 5.74) is 0.131. The smallest absolute Gasteiger partial charge is 0.409 e. The van der Waals surface area contributed by atoms with Crippen molar-refractivity contribution in [2.24, 2.45) is 0 Å². The summed E-state index contributed by atoms with van der Waals surface area (Å²) in [6, 6.07) is 6.82. The maximum absolute atomic E-state index is 12.3. The maximum atomic E-state index is 12.3. The second-order valence-corrected chi connectivity index (χ2v) is 10.5. The summed E-state index contributed by atoms with van der Waals surface area (Å²) in [5.74, 6) is 0. The number of halogens is 4. The molecule has 1 unspecified atom stereocenters. The molecule has 0 spiro atoms. The van der Waals surface area contributed by atoms with Gasteiger partial charge in [0.15, 0.2) is 0 Å². The van der Waals surface area contributed by atoms with Crippen molar-refractivity contribution in [1.82, 2.24) is 10.6 Å². The van der Waals surface area contributed by atoms with E-state index in [4.69, 9.17) is 49.0 Å². The van der Waals surface area contributed by atoms with E-state index in [2.05, 4.69) is 26.6 Å². The number of amides is 2. The Bertz CT molecular complexity index is 678. The number of rotatable bonds is 7. The van der Waals surface area contributed by atoms with Crippen LogP contribution in [0.4, 0.5) is 9.59 Å². The summed E-state index contributed by atoms with van der Waals surface area (Å²) < 4.78 is 14.6. The highest BCUT2D eigenvalue weighted by Crippen LogP contribution is 2.26. The van der Waals surface area contributed by atoms with E-state index in [1.165, 1.54) is 7.11 Å². The van der Waals surface area contributed by atoms with E-state index >= 15 is 0 Å². The van der Waals surface area contributed by atoms with Gasteiger partial charge in [0.25, 0.3) is 0 Å². The molecule has 2 atom stereocenters. The van der Waals surface area contributed by atoms with Crippen LogP contribution in [0.15, 0.2) is 28.7 Å². The molecule has 0 saturated carbocycles. The molecule has 29 heavy (non-hydrogen) atoms. The maximum Gasteiger partial charge on any atom is 0.409 e. The zero-order valence-corrected chi connectivity index (χ0v) is 20.3. The highest BCUT2D eigenvalue weighted by atomic mass is 79.9. The number of hydrogen-bond acceptors (Lipinski definition) is 5. The van der Waals surface area contributed by atoms with E-state index in [1.54, 1.807) is 20.8 Å². The lowest BCUT2D eigenvalue weighted by molar-refractivity contribution is 0.0380. The van der Waals surface area contributed by atoms with Crippen molar-refractivity contribution in [3.63, 3.8) is 0 Å². The molecule has 0 aliphatic carbocycles. The van der Waals surface area contributed by atoms with Crippen molar-refractivity contribution in [3.8, 4) is 0 Å². The second-order valence-electron chi connectivity index (χ2n) is 7.05. The number of methoxy groups -OCH3 is 1. The van der Waals surface area contributed by atoms with Crippen LogP contribution in [-0.4, -0.2) is 41.5 Å². The quantitative estimate of drug-likeness (QED) is 0.358. The molecule has 0 aliphatic heterocycles. The van der Waals surface area contributed by atoms with Crippen LogP contribution in [0, 0.1) is 0 Å². The van der Waals surface area contributed by atoms with Gasteiger partial charge in [-0.05, 0) is 38.5 Å². The van der Waals surface area contributed by atoms with E-state index in [-0.39, 0.29) is 6.42 Å². The molecule has 0 bridgehead atoms. The van der Waals surface area contributed by atoms with E-state index in [9.17, 15) is 9.59 Å². The number of carbonyl (C=O) groups excluding carboxylic acids is 2. The lowest BCUT2D eigenvalue weighted by Gasteiger charge is -2.27. The second kappa shape index (κ2) is 11.5. The number of ether oxygens (including phenoxy) is 3. The van der Waals surface area contributed by atoms with E-state index < -0.39 is 40.5 Å². The monoisotopic (exact) mass is 532 g/mol. The Labute approximate surface area is 193 Å². The molecule has 2 N–H and O–H groups in total. The Morgan fingerprint density at radius 3 is 2.14 bits per heavy atom. The van der Waals surface area contributed by atoms with Crippen molar-refractivity contribution in [3.05, 3.63) is 34.3 Å². The molecule has 0 saturated heterocycles. The van der Waals surface area contributed by atoms with Gasteiger partial charge in [-0.15, -0.1) is 0 Å². The molecule has 0 fully saturated rings. The first-order valence-corrected chi connectivity index (χ1v) is 10.5. The number of alkyl carbamates (subject to hydrolysis) is 2. The van der Waals surface area contributed by atoms with Gasteiger partial charge in [-0.25, -0.2) is 9.59 Å². The molecule has 0 aliphatic rings. The summed E-state index contributed by atoms with van der Waals surface area (Å²) in [6.07, 6.45) is -2.02. The minimum Gasteiger partial charge on any atom is -0.445 e. The topological polar surface area (TPSA) is 85.9 Å². The Hall–Kier alpha value is -0.930. The van der Waals surface area contributed by atoms with Crippen molar-refractivity contribution in [2.45, 2.75) is 48.9 Å². The summed E-state index contributed by atoms with van der Waals surface area (Å²) in [7, 11) is 1.41. The fourth-order valence-electron chi connectivity index (χ4n) is 2.17. The van der Waals surface area contributed by atoms with Crippen LogP contribution in [0.3, 0.4) is 0 Å². The standard InChI is InChI=1S/C18H24BrCl3N2O5/c1-17(2,3)29-16(26)23-13(11-5-7-12(19)8-6-11)9-14(27-4)24-15(25)28-10-18(20,21)22/h5-8,13-14H,9-10H2,1-4H3,(H,23,26)(H,24,25)/t13-,14?/m0/s1. The highest BCUT2D eigenvalue weighted by Gasteiger charge is 2.26. The first-order chi connectivity index (χ1) is 13.3. The number of nitrogens with one attached hydrogen (secondary N) is 2. The van der Waals surface area contributed by atoms with Crippen LogP contribution in [0.5, 0.6) is 0 Å². The molecular weight excluding hydrogens is 510 g/mol. The Morgan fingerprint density at radius 1 is 1.07 bits per heavy atom. The van der Waals surface area contributed by atoms with Crippen molar-refractivity contribution in [1.29, 1.82) is 0 Å². The summed E-state index contributed by atoms with van der Waals surface area (Å²) >= 11 is 20.1. The average Bonchev–Trinajstić information content (AvgIpc) is 2.57. The SMILES string of the molecule is COC(C[C@H](NC(=O)OC(C)(C)C)c1ccc(Br)cc1)NC(=O)OCC(Cl)(Cl)Cl. The fraction of sp³-hybridized carbons (Fsp3) is 0.556. The molecule has 7 nitrogen and oxygen atoms in total. The Kier molecular flexibility index (Phi) is 10.3. The summed E-state index contributed by atoms with van der Waals surface area (Å²) in [6.45, 7) is 4.87. The number of hydrogen-bond donors (Lipinski definition) is 2. The van der Waals surface area contributed by atoms with Crippen LogP contribution in [0.2, 0.25) is 0 Å². The molecule has 0 radical (unpaired) electrons. The van der Waals surface area contributed by atoms with Gasteiger partial charge < -0.3 is 19.5 Å². The van der Waals surface area contributed by atoms with E-state index in [0.29, 0.717) is 0 Å². The molecule has 1 aromatic carbocycles. The van der Waals surface area contributed by atoms with Gasteiger partial charge in [0.1, 0.15) is 18.4 Å². The molecule has 0 heterocycles. The average molecular weight is 535 g/mol. The van der Waals surface area contributed by atoms with Crippen LogP contribution in [0.1, 0.15) is 38.8 Å². The van der Waals surface area contributed by atoms with Crippen LogP contribution < -0.4 is 10.6 Å². The number of carbonyl (C=O) groups is 2. The molecule has 164 valence electrons. The fourth-order valence-corrected chi connectivity index (χ4v) is 2.60. The van der Waals surface area contributed by atoms with Gasteiger partial charge in [0.05, 0.1) is 6.04 Å². The van der Waals surface area contributed by atoms with Crippen molar-refractivity contribution < 1.29 is 23.8 Å². The van der Waals surface area contributed by atoms with Gasteiger partial charge in [-0.1, -0.05) is 62.9 Å². The largest absolute Gasteiger partial charge is 0.445 e. The van der Waals surface area contributed by atoms with Gasteiger partial charge in [-0.3, -0.25) is 5.32 Å². The van der Waals surface area contributed by atoms with Crippen molar-refractivity contribution >= 4 is 62.9 Å². The lowest BCUT2D eigenvalue weighted by atomic mass is 10.0. The zero-order valence-electron chi connectivity index (χ0n) is 16.4. The van der Waals surface area contributed by atoms with E-state index in [1.807, 2.05) is 24.3 Å². The Morgan fingerprint density at radius 2 is 1.66 bits per heavy atom. The number of benzene rings is 1. The van der Waals surface area contributed by atoms with Crippen LogP contribution in [-0.2, 0) is 14.2 Å². The highest BCUT2D eigenvalue weighted by molar-refractivity contribution is 9.10. The van der Waals surface area contributed by atoms with Crippen LogP contribution >= 0.6 is 50.7 Å². The minimum absolute atomic E-state index is 0.195. The summed E-state index contributed by atoms with van der Waals surface area (Å²) in [4.78, 5) is 24.2. The molecule has 2 amide bonds. The van der Waals surface area contributed by atoms with Crippen LogP contribution in [0.25, 0.3) is 0 Å². The molecule has 1 aromatic rings. The predicted molar refractivity (Wildman–Crippen MR) is 116 cm³/mol. The van der Waals surface area contributed by atoms with Gasteiger partial charge >= 0.3 is 12.2 Å². The third-order valence-corrected chi connectivity index (χ3v) is 4.20. The normalized spacial score (nSPS) is 13.9. The third kappa shape index (κ3) is 11.7. The number of alkyl halides is 3. The molecule has 11 heteroatoms. The van der Waals surface area contributed by atoms with Gasteiger partial charge in [-0.2, -0.15) is 0 Å². The zero-order chi connectivity index (χ0) is 22.2. The molecule has 0 aromatic heterocycles. The third-order valence-electron chi connectivity index (χ3n) is 3.34. The molecular formula is C18H24BrCl3N2O5. The molecule has 1 rings (SSSR count). The van der Waals surface area contributed by atoms with Gasteiger partial charge in [0.2, 0.25) is 3.79 Å². The Balaban J connectivity index is 2.86. The summed E-state index contributed by atoms with van der Waals surface area (Å²) in [5, 5.41) is 5.30. The first-order valence-electron chi connectivity index (χ1n) is 8.57. The lowest BCUT2D eigenvalue weighted by Crippen LogP contribution is -2.42. The van der Waals surface area contributed by atoms with Gasteiger partial charge in [0, 0.05) is 18.0 Å². The first kappa shape index (κ1) is 26.1. The van der Waals surface area contributed by atoms with Crippen molar-refractivity contribution in [2.75, 3.05) is 13.7 Å². The predicted octanol–water partition coefficient (Wildman–Crippen LogP) is 5.47. The van der Waals surface area contributed by atoms with E-state index in [0.717, 1.165) is 10.0 Å².